The number of carbonyl (C=O) groups excluding carboxylic acids is 1. The van der Waals surface area contributed by atoms with Gasteiger partial charge in [0.1, 0.15) is 10.6 Å². The van der Waals surface area contributed by atoms with Crippen LogP contribution in [0.5, 0.6) is 5.75 Å². The monoisotopic (exact) mass is 464 g/mol. The number of benzene rings is 2. The molecule has 1 amide bonds. The average Bonchev–Trinajstić information content (AvgIpc) is 2.67. The maximum atomic E-state index is 12.9. The number of piperazine rings is 1. The third-order valence-electron chi connectivity index (χ3n) is 4.35. The molecule has 2 aromatic carbocycles. The van der Waals surface area contributed by atoms with Crippen molar-refractivity contribution in [3.05, 3.63) is 58.1 Å². The summed E-state index contributed by atoms with van der Waals surface area (Å²) in [4.78, 5) is 13.9. The first-order valence-corrected chi connectivity index (χ1v) is 10.7. The van der Waals surface area contributed by atoms with Gasteiger partial charge in [-0.2, -0.15) is 13.1 Å². The van der Waals surface area contributed by atoms with E-state index in [0.717, 1.165) is 0 Å². The smallest absolute Gasteiger partial charge is 0.387 e. The lowest BCUT2D eigenvalue weighted by molar-refractivity contribution is -0.0499. The maximum absolute atomic E-state index is 12.9. The molecule has 1 fully saturated rings. The summed E-state index contributed by atoms with van der Waals surface area (Å²) in [5.41, 5.74) is 0.175. The zero-order valence-corrected chi connectivity index (χ0v) is 17.2. The third-order valence-corrected chi connectivity index (χ3v) is 7.20. The van der Waals surface area contributed by atoms with E-state index in [4.69, 9.17) is 23.2 Å². The number of hydrogen-bond donors (Lipinski definition) is 0. The van der Waals surface area contributed by atoms with Crippen molar-refractivity contribution < 1.29 is 26.7 Å². The maximum Gasteiger partial charge on any atom is 0.387 e. The van der Waals surface area contributed by atoms with Gasteiger partial charge in [0, 0.05) is 31.7 Å². The number of nitrogens with zero attached hydrogens (tertiary/aromatic N) is 2. The topological polar surface area (TPSA) is 66.9 Å². The zero-order valence-electron chi connectivity index (χ0n) is 14.9. The van der Waals surface area contributed by atoms with Gasteiger partial charge >= 0.3 is 6.61 Å². The second kappa shape index (κ2) is 8.83. The van der Waals surface area contributed by atoms with Gasteiger partial charge in [0.15, 0.2) is 0 Å². The summed E-state index contributed by atoms with van der Waals surface area (Å²) in [5.74, 6) is -0.530. The molecule has 0 aliphatic carbocycles. The highest BCUT2D eigenvalue weighted by molar-refractivity contribution is 7.89. The van der Waals surface area contributed by atoms with Crippen LogP contribution in [0, 0.1) is 0 Å². The summed E-state index contributed by atoms with van der Waals surface area (Å²) in [7, 11) is -3.93. The fraction of sp³-hybridized carbons (Fsp3) is 0.278. The predicted molar refractivity (Wildman–Crippen MR) is 104 cm³/mol. The van der Waals surface area contributed by atoms with Gasteiger partial charge in [0.05, 0.1) is 10.0 Å². The van der Waals surface area contributed by atoms with Gasteiger partial charge in [-0.25, -0.2) is 8.42 Å². The van der Waals surface area contributed by atoms with Crippen LogP contribution in [-0.4, -0.2) is 56.3 Å². The predicted octanol–water partition coefficient (Wildman–Crippen LogP) is 3.74. The van der Waals surface area contributed by atoms with E-state index in [1.165, 1.54) is 45.6 Å². The average molecular weight is 465 g/mol. The molecule has 0 bridgehead atoms. The van der Waals surface area contributed by atoms with Crippen LogP contribution in [-0.2, 0) is 10.0 Å². The zero-order chi connectivity index (χ0) is 21.2. The van der Waals surface area contributed by atoms with Crippen molar-refractivity contribution in [1.82, 2.24) is 9.21 Å². The first kappa shape index (κ1) is 21.8. The van der Waals surface area contributed by atoms with Crippen LogP contribution < -0.4 is 4.74 Å². The molecule has 1 heterocycles. The lowest BCUT2D eigenvalue weighted by Gasteiger charge is -2.34. The van der Waals surface area contributed by atoms with Crippen LogP contribution in [0.1, 0.15) is 10.4 Å². The summed E-state index contributed by atoms with van der Waals surface area (Å²) in [6, 6.07) is 9.88. The van der Waals surface area contributed by atoms with Crippen molar-refractivity contribution in [2.24, 2.45) is 0 Å². The van der Waals surface area contributed by atoms with E-state index >= 15 is 0 Å². The standard InChI is InChI=1S/C18H16Cl2F2N2O4S/c19-14-5-2-6-15(20)16(14)29(26,27)24-9-7-23(8-10-24)17(25)12-3-1-4-13(11-12)28-18(21)22/h1-6,11,18H,7-10H2. The second-order valence-corrected chi connectivity index (χ2v) is 8.84. The highest BCUT2D eigenvalue weighted by atomic mass is 35.5. The first-order chi connectivity index (χ1) is 13.7. The Morgan fingerprint density at radius 3 is 2.17 bits per heavy atom. The number of amides is 1. The molecule has 3 rings (SSSR count). The molecule has 1 saturated heterocycles. The number of halogens is 4. The third kappa shape index (κ3) is 4.80. The minimum absolute atomic E-state index is 0.0202. The van der Waals surface area contributed by atoms with Crippen molar-refractivity contribution in [3.8, 4) is 5.75 Å². The fourth-order valence-corrected chi connectivity index (χ4v) is 5.49. The van der Waals surface area contributed by atoms with E-state index < -0.39 is 22.5 Å². The van der Waals surface area contributed by atoms with Crippen LogP contribution in [0.4, 0.5) is 8.78 Å². The van der Waals surface area contributed by atoms with Gasteiger partial charge in [0.2, 0.25) is 10.0 Å². The molecule has 0 aromatic heterocycles. The lowest BCUT2D eigenvalue weighted by atomic mass is 10.1. The Hall–Kier alpha value is -1.94. The molecule has 11 heteroatoms. The van der Waals surface area contributed by atoms with Crippen molar-refractivity contribution in [3.63, 3.8) is 0 Å². The highest BCUT2D eigenvalue weighted by Crippen LogP contribution is 2.32. The van der Waals surface area contributed by atoms with E-state index in [-0.39, 0.29) is 52.4 Å². The molecule has 2 aromatic rings. The molecule has 156 valence electrons. The fourth-order valence-electron chi connectivity index (χ4n) is 2.98. The lowest BCUT2D eigenvalue weighted by Crippen LogP contribution is -2.50. The Balaban J connectivity index is 1.71. The van der Waals surface area contributed by atoms with Gasteiger partial charge in [-0.3, -0.25) is 4.79 Å². The van der Waals surface area contributed by atoms with Crippen molar-refractivity contribution >= 4 is 39.1 Å². The van der Waals surface area contributed by atoms with E-state index in [2.05, 4.69) is 4.74 Å². The summed E-state index contributed by atoms with van der Waals surface area (Å²) in [5, 5.41) is 0.0405. The SMILES string of the molecule is O=C(c1cccc(OC(F)F)c1)N1CCN(S(=O)(=O)c2c(Cl)cccc2Cl)CC1. The molecule has 0 spiro atoms. The molecule has 0 unspecified atom stereocenters. The molecule has 1 aliphatic rings. The Morgan fingerprint density at radius 1 is 1.00 bits per heavy atom. The number of carbonyl (C=O) groups is 1. The normalized spacial score (nSPS) is 15.6. The summed E-state index contributed by atoms with van der Waals surface area (Å²) < 4.78 is 56.0. The van der Waals surface area contributed by atoms with Crippen LogP contribution in [0.25, 0.3) is 0 Å². The minimum Gasteiger partial charge on any atom is -0.435 e. The number of sulfonamides is 1. The van der Waals surface area contributed by atoms with Crippen molar-refractivity contribution in [2.45, 2.75) is 11.5 Å². The van der Waals surface area contributed by atoms with Gasteiger partial charge in [-0.15, -0.1) is 0 Å². The van der Waals surface area contributed by atoms with E-state index in [1.807, 2.05) is 0 Å². The second-order valence-electron chi connectivity index (χ2n) is 6.15. The van der Waals surface area contributed by atoms with E-state index in [9.17, 15) is 22.0 Å². The van der Waals surface area contributed by atoms with Gasteiger partial charge < -0.3 is 9.64 Å². The summed E-state index contributed by atoms with van der Waals surface area (Å²) in [6.07, 6.45) is 0. The number of rotatable bonds is 5. The Morgan fingerprint density at radius 2 is 1.59 bits per heavy atom. The molecule has 0 N–H and O–H groups in total. The summed E-state index contributed by atoms with van der Waals surface area (Å²) in [6.45, 7) is -2.66. The summed E-state index contributed by atoms with van der Waals surface area (Å²) >= 11 is 12.0. The number of ether oxygens (including phenoxy) is 1. The highest BCUT2D eigenvalue weighted by Gasteiger charge is 2.33. The van der Waals surface area contributed by atoms with Gasteiger partial charge in [0.25, 0.3) is 5.91 Å². The number of alkyl halides is 2. The Labute approximate surface area is 176 Å². The van der Waals surface area contributed by atoms with Crippen LogP contribution >= 0.6 is 23.2 Å². The molecule has 29 heavy (non-hydrogen) atoms. The molecule has 0 radical (unpaired) electrons. The molecule has 6 nitrogen and oxygen atoms in total. The molecule has 0 saturated carbocycles. The molecular weight excluding hydrogens is 449 g/mol. The van der Waals surface area contributed by atoms with Crippen LogP contribution in [0.15, 0.2) is 47.4 Å². The Kier molecular flexibility index (Phi) is 6.62. The van der Waals surface area contributed by atoms with E-state index in [0.29, 0.717) is 0 Å². The van der Waals surface area contributed by atoms with E-state index in [1.54, 1.807) is 6.07 Å². The largest absolute Gasteiger partial charge is 0.435 e. The molecular formula is C18H16Cl2F2N2O4S. The molecule has 0 atom stereocenters. The van der Waals surface area contributed by atoms with Crippen molar-refractivity contribution in [1.29, 1.82) is 0 Å². The number of hydrogen-bond acceptors (Lipinski definition) is 4. The van der Waals surface area contributed by atoms with Crippen LogP contribution in [0.3, 0.4) is 0 Å². The van der Waals surface area contributed by atoms with Gasteiger partial charge in [-0.1, -0.05) is 35.3 Å². The Bertz CT molecular complexity index is 992. The molecule has 1 aliphatic heterocycles. The van der Waals surface area contributed by atoms with Crippen molar-refractivity contribution in [2.75, 3.05) is 26.2 Å². The quantitative estimate of drug-likeness (QED) is 0.675. The first-order valence-electron chi connectivity index (χ1n) is 8.48. The van der Waals surface area contributed by atoms with Crippen LogP contribution in [0.2, 0.25) is 10.0 Å². The van der Waals surface area contributed by atoms with Gasteiger partial charge in [-0.05, 0) is 30.3 Å². The minimum atomic E-state index is -3.93.